The number of nitrogens with zero attached hydrogens (tertiary/aromatic N) is 4. The van der Waals surface area contributed by atoms with Crippen molar-refractivity contribution >= 4 is 42.6 Å². The topological polar surface area (TPSA) is 92.3 Å². The van der Waals surface area contributed by atoms with E-state index in [-0.39, 0.29) is 10.8 Å². The summed E-state index contributed by atoms with van der Waals surface area (Å²) in [5.41, 5.74) is 1.25. The van der Waals surface area contributed by atoms with Crippen LogP contribution in [0.1, 0.15) is 44.0 Å². The Morgan fingerprint density at radius 1 is 1.10 bits per heavy atom. The van der Waals surface area contributed by atoms with Crippen molar-refractivity contribution in [1.82, 2.24) is 14.2 Å². The normalized spacial score (nSPS) is 20.8. The number of aromatic nitrogens is 1. The molecule has 1 amide bonds. The van der Waals surface area contributed by atoms with Crippen molar-refractivity contribution in [2.24, 2.45) is 11.8 Å². The highest BCUT2D eigenvalue weighted by Gasteiger charge is 2.32. The van der Waals surface area contributed by atoms with Crippen LogP contribution in [0.5, 0.6) is 5.75 Å². The van der Waals surface area contributed by atoms with Crippen molar-refractivity contribution in [2.75, 3.05) is 64.0 Å². The van der Waals surface area contributed by atoms with E-state index in [0.717, 1.165) is 61.7 Å². The number of fused-ring (bicyclic) bond motifs is 1. The molecule has 3 aromatic rings. The average Bonchev–Trinajstić information content (AvgIpc) is 3.38. The SMILES string of the molecule is CCOc1ccc2nc(N(CCCN3CCOCC3)C(=O)c3ccc(S(=O)(=O)N4CC(C)CC(C)C4)cc3)sc2c1. The molecule has 222 valence electrons. The molecule has 0 saturated carbocycles. The van der Waals surface area contributed by atoms with E-state index in [4.69, 9.17) is 14.5 Å². The molecule has 2 aliphatic rings. The zero-order valence-electron chi connectivity index (χ0n) is 24.1. The van der Waals surface area contributed by atoms with Gasteiger partial charge in [-0.2, -0.15) is 4.31 Å². The first-order valence-corrected chi connectivity index (χ1v) is 16.8. The molecule has 2 fully saturated rings. The fourth-order valence-electron chi connectivity index (χ4n) is 5.70. The number of hydrogen-bond acceptors (Lipinski definition) is 8. The molecule has 5 rings (SSSR count). The maximum atomic E-state index is 13.9. The molecule has 11 heteroatoms. The van der Waals surface area contributed by atoms with Gasteiger partial charge in [0.05, 0.1) is 34.9 Å². The third kappa shape index (κ3) is 7.09. The fraction of sp³-hybridized carbons (Fsp3) is 0.533. The van der Waals surface area contributed by atoms with Crippen LogP contribution in [0.25, 0.3) is 10.2 Å². The summed E-state index contributed by atoms with van der Waals surface area (Å²) in [6.07, 6.45) is 1.81. The minimum Gasteiger partial charge on any atom is -0.494 e. The Morgan fingerprint density at radius 3 is 2.49 bits per heavy atom. The standard InChI is InChI=1S/C30H40N4O5S2/c1-4-39-25-8-11-27-28(19-25)40-30(31-27)34(13-5-12-32-14-16-38-17-15-32)29(35)24-6-9-26(10-7-24)41(36,37)33-20-22(2)18-23(3)21-33/h6-11,19,22-23H,4-5,12-18,20-21H2,1-3H3. The van der Waals surface area contributed by atoms with Crippen molar-refractivity contribution < 1.29 is 22.7 Å². The number of thiazole rings is 1. The maximum absolute atomic E-state index is 13.9. The molecular formula is C30H40N4O5S2. The van der Waals surface area contributed by atoms with E-state index in [9.17, 15) is 13.2 Å². The van der Waals surface area contributed by atoms with Crippen LogP contribution < -0.4 is 9.64 Å². The molecule has 0 N–H and O–H groups in total. The molecule has 2 atom stereocenters. The molecule has 2 saturated heterocycles. The van der Waals surface area contributed by atoms with E-state index in [1.54, 1.807) is 33.5 Å². The highest BCUT2D eigenvalue weighted by atomic mass is 32.2. The van der Waals surface area contributed by atoms with E-state index in [0.29, 0.717) is 48.8 Å². The van der Waals surface area contributed by atoms with Gasteiger partial charge in [-0.05, 0) is 74.1 Å². The summed E-state index contributed by atoms with van der Waals surface area (Å²) < 4.78 is 40.4. The van der Waals surface area contributed by atoms with Crippen LogP contribution in [-0.2, 0) is 14.8 Å². The molecule has 3 heterocycles. The lowest BCUT2D eigenvalue weighted by atomic mass is 9.94. The molecule has 2 aromatic carbocycles. The average molecular weight is 601 g/mol. The molecule has 0 radical (unpaired) electrons. The molecular weight excluding hydrogens is 560 g/mol. The number of morpholine rings is 1. The van der Waals surface area contributed by atoms with Crippen LogP contribution >= 0.6 is 11.3 Å². The van der Waals surface area contributed by atoms with Crippen molar-refractivity contribution in [1.29, 1.82) is 0 Å². The van der Waals surface area contributed by atoms with Crippen LogP contribution in [-0.4, -0.2) is 87.6 Å². The number of carbonyl (C=O) groups excluding carboxylic acids is 1. The lowest BCUT2D eigenvalue weighted by Crippen LogP contribution is -2.42. The highest BCUT2D eigenvalue weighted by molar-refractivity contribution is 7.89. The molecule has 0 bridgehead atoms. The number of ether oxygens (including phenoxy) is 2. The van der Waals surface area contributed by atoms with E-state index in [2.05, 4.69) is 18.7 Å². The second-order valence-corrected chi connectivity index (χ2v) is 14.1. The van der Waals surface area contributed by atoms with Crippen LogP contribution in [0.4, 0.5) is 5.13 Å². The number of hydrogen-bond donors (Lipinski definition) is 0. The molecule has 41 heavy (non-hydrogen) atoms. The second kappa shape index (κ2) is 13.2. The Bertz CT molecular complexity index is 1430. The van der Waals surface area contributed by atoms with Gasteiger partial charge in [0.1, 0.15) is 5.75 Å². The molecule has 0 aliphatic carbocycles. The maximum Gasteiger partial charge on any atom is 0.260 e. The number of rotatable bonds is 10. The predicted octanol–water partition coefficient (Wildman–Crippen LogP) is 4.73. The van der Waals surface area contributed by atoms with Crippen LogP contribution in [0.3, 0.4) is 0 Å². The monoisotopic (exact) mass is 600 g/mol. The lowest BCUT2D eigenvalue weighted by Gasteiger charge is -2.34. The summed E-state index contributed by atoms with van der Waals surface area (Å²) in [5.74, 6) is 1.22. The number of sulfonamides is 1. The zero-order chi connectivity index (χ0) is 29.0. The van der Waals surface area contributed by atoms with Crippen LogP contribution in [0.15, 0.2) is 47.4 Å². The van der Waals surface area contributed by atoms with E-state index < -0.39 is 10.0 Å². The van der Waals surface area contributed by atoms with E-state index in [1.807, 2.05) is 25.1 Å². The zero-order valence-corrected chi connectivity index (χ0v) is 25.8. The Balaban J connectivity index is 1.37. The van der Waals surface area contributed by atoms with Gasteiger partial charge in [0.25, 0.3) is 5.91 Å². The third-order valence-electron chi connectivity index (χ3n) is 7.67. The second-order valence-electron chi connectivity index (χ2n) is 11.1. The third-order valence-corrected chi connectivity index (χ3v) is 10.6. The van der Waals surface area contributed by atoms with Crippen molar-refractivity contribution in [3.05, 3.63) is 48.0 Å². The Hall–Kier alpha value is -2.57. The van der Waals surface area contributed by atoms with Gasteiger partial charge >= 0.3 is 0 Å². The van der Waals surface area contributed by atoms with Crippen LogP contribution in [0.2, 0.25) is 0 Å². The van der Waals surface area contributed by atoms with Gasteiger partial charge < -0.3 is 9.47 Å². The number of carbonyl (C=O) groups is 1. The number of benzene rings is 2. The first kappa shape index (κ1) is 29.9. The van der Waals surface area contributed by atoms with Crippen molar-refractivity contribution in [3.63, 3.8) is 0 Å². The Labute approximate surface area is 247 Å². The minimum atomic E-state index is -3.63. The molecule has 1 aromatic heterocycles. The van der Waals surface area contributed by atoms with Gasteiger partial charge in [-0.3, -0.25) is 14.6 Å². The lowest BCUT2D eigenvalue weighted by molar-refractivity contribution is 0.0376. The molecule has 2 aliphatic heterocycles. The summed E-state index contributed by atoms with van der Waals surface area (Å²) in [7, 11) is -3.63. The van der Waals surface area contributed by atoms with Gasteiger partial charge in [-0.1, -0.05) is 25.2 Å². The highest BCUT2D eigenvalue weighted by Crippen LogP contribution is 2.33. The first-order chi connectivity index (χ1) is 19.7. The van der Waals surface area contributed by atoms with Crippen molar-refractivity contribution in [3.8, 4) is 5.75 Å². The van der Waals surface area contributed by atoms with Gasteiger partial charge in [0.15, 0.2) is 5.13 Å². The number of piperidine rings is 1. The summed E-state index contributed by atoms with van der Waals surface area (Å²) >= 11 is 1.46. The molecule has 0 spiro atoms. The summed E-state index contributed by atoms with van der Waals surface area (Å²) in [5, 5.41) is 0.619. The fourth-order valence-corrected chi connectivity index (χ4v) is 8.40. The van der Waals surface area contributed by atoms with E-state index in [1.165, 1.54) is 11.3 Å². The number of amides is 1. The predicted molar refractivity (Wildman–Crippen MR) is 162 cm³/mol. The van der Waals surface area contributed by atoms with E-state index >= 15 is 0 Å². The number of anilines is 1. The summed E-state index contributed by atoms with van der Waals surface area (Å²) in [6.45, 7) is 12.3. The summed E-state index contributed by atoms with van der Waals surface area (Å²) in [6, 6.07) is 12.1. The minimum absolute atomic E-state index is 0.194. The van der Waals surface area contributed by atoms with Crippen LogP contribution in [0, 0.1) is 11.8 Å². The molecule has 2 unspecified atom stereocenters. The van der Waals surface area contributed by atoms with Gasteiger partial charge in [-0.15, -0.1) is 0 Å². The summed E-state index contributed by atoms with van der Waals surface area (Å²) in [4.78, 5) is 23.0. The van der Waals surface area contributed by atoms with Gasteiger partial charge in [0, 0.05) is 44.8 Å². The Kier molecular flexibility index (Phi) is 9.60. The van der Waals surface area contributed by atoms with Gasteiger partial charge in [-0.25, -0.2) is 13.4 Å². The first-order valence-electron chi connectivity index (χ1n) is 14.5. The molecule has 9 nitrogen and oxygen atoms in total. The quantitative estimate of drug-likeness (QED) is 0.332. The smallest absolute Gasteiger partial charge is 0.260 e. The Morgan fingerprint density at radius 2 is 1.80 bits per heavy atom. The van der Waals surface area contributed by atoms with Gasteiger partial charge in [0.2, 0.25) is 10.0 Å². The van der Waals surface area contributed by atoms with Crippen molar-refractivity contribution in [2.45, 2.75) is 38.5 Å². The largest absolute Gasteiger partial charge is 0.494 e.